The standard InChI is InChI=1S/C19H21N5O3S/c25-28(26,17-10-20-13-21-17)24-11-15-7-4-8-19(15,12-24)18-22-16(23-27-18)9-14-5-2-1-3-6-14/h1-3,5-6,10,13,15H,4,7-9,11-12H2,(H,20,21)/t15-,19-/m1/s1. The summed E-state index contributed by atoms with van der Waals surface area (Å²) in [6.07, 6.45) is 6.19. The van der Waals surface area contributed by atoms with Gasteiger partial charge in [-0.15, -0.1) is 0 Å². The lowest BCUT2D eigenvalue weighted by atomic mass is 9.80. The molecule has 5 rings (SSSR count). The zero-order chi connectivity index (χ0) is 19.2. The number of fused-ring (bicyclic) bond motifs is 1. The van der Waals surface area contributed by atoms with Crippen LogP contribution >= 0.6 is 0 Å². The molecule has 2 atom stereocenters. The number of aromatic amines is 1. The summed E-state index contributed by atoms with van der Waals surface area (Å²) >= 11 is 0. The molecule has 146 valence electrons. The van der Waals surface area contributed by atoms with Crippen molar-refractivity contribution in [2.75, 3.05) is 13.1 Å². The van der Waals surface area contributed by atoms with Gasteiger partial charge in [-0.1, -0.05) is 41.9 Å². The van der Waals surface area contributed by atoms with Crippen LogP contribution in [0.1, 0.15) is 36.5 Å². The predicted molar refractivity (Wildman–Crippen MR) is 99.9 cm³/mol. The maximum absolute atomic E-state index is 12.9. The first-order chi connectivity index (χ1) is 13.6. The maximum Gasteiger partial charge on any atom is 0.260 e. The van der Waals surface area contributed by atoms with Crippen LogP contribution in [-0.4, -0.2) is 45.9 Å². The van der Waals surface area contributed by atoms with Crippen LogP contribution in [0.15, 0.2) is 52.4 Å². The fourth-order valence-corrected chi connectivity index (χ4v) is 6.06. The molecule has 28 heavy (non-hydrogen) atoms. The molecule has 0 amide bonds. The molecule has 1 aliphatic carbocycles. The highest BCUT2D eigenvalue weighted by molar-refractivity contribution is 7.89. The molecule has 0 unspecified atom stereocenters. The Labute approximate surface area is 163 Å². The Hall–Kier alpha value is -2.52. The molecular weight excluding hydrogens is 378 g/mol. The second kappa shape index (κ2) is 6.52. The lowest BCUT2D eigenvalue weighted by molar-refractivity contribution is 0.260. The van der Waals surface area contributed by atoms with Gasteiger partial charge in [0.2, 0.25) is 5.89 Å². The van der Waals surface area contributed by atoms with Crippen molar-refractivity contribution in [2.24, 2.45) is 5.92 Å². The summed E-state index contributed by atoms with van der Waals surface area (Å²) in [5.41, 5.74) is 0.722. The van der Waals surface area contributed by atoms with Crippen molar-refractivity contribution in [3.05, 3.63) is 60.1 Å². The number of nitrogens with one attached hydrogen (secondary N) is 1. The van der Waals surface area contributed by atoms with E-state index in [1.54, 1.807) is 0 Å². The molecule has 1 aromatic carbocycles. The highest BCUT2D eigenvalue weighted by Crippen LogP contribution is 2.50. The molecule has 1 N–H and O–H groups in total. The van der Waals surface area contributed by atoms with E-state index in [1.165, 1.54) is 16.8 Å². The first kappa shape index (κ1) is 17.6. The quantitative estimate of drug-likeness (QED) is 0.705. The summed E-state index contributed by atoms with van der Waals surface area (Å²) in [6.45, 7) is 0.837. The lowest BCUT2D eigenvalue weighted by Gasteiger charge is -2.24. The molecule has 2 aliphatic rings. The molecule has 3 heterocycles. The van der Waals surface area contributed by atoms with Crippen molar-refractivity contribution in [2.45, 2.75) is 36.1 Å². The highest BCUT2D eigenvalue weighted by atomic mass is 32.2. The average Bonchev–Trinajstić information content (AvgIpc) is 3.45. The van der Waals surface area contributed by atoms with Gasteiger partial charge in [-0.05, 0) is 24.3 Å². The Morgan fingerprint density at radius 1 is 1.29 bits per heavy atom. The fraction of sp³-hybridized carbons (Fsp3) is 0.421. The minimum atomic E-state index is -3.60. The molecule has 2 fully saturated rings. The molecule has 2 aromatic heterocycles. The second-order valence-corrected chi connectivity index (χ2v) is 9.54. The van der Waals surface area contributed by atoms with Crippen LogP contribution in [0, 0.1) is 5.92 Å². The van der Waals surface area contributed by atoms with Crippen LogP contribution < -0.4 is 0 Å². The van der Waals surface area contributed by atoms with Crippen LogP contribution in [0.25, 0.3) is 0 Å². The van der Waals surface area contributed by atoms with E-state index in [4.69, 9.17) is 4.52 Å². The maximum atomic E-state index is 12.9. The fourth-order valence-electron chi connectivity index (χ4n) is 4.61. The molecule has 0 spiro atoms. The molecule has 8 nitrogen and oxygen atoms in total. The summed E-state index contributed by atoms with van der Waals surface area (Å²) in [5.74, 6) is 1.40. The van der Waals surface area contributed by atoms with Crippen molar-refractivity contribution in [1.29, 1.82) is 0 Å². The van der Waals surface area contributed by atoms with Gasteiger partial charge in [0, 0.05) is 19.5 Å². The number of rotatable bonds is 5. The number of hydrogen-bond acceptors (Lipinski definition) is 6. The summed E-state index contributed by atoms with van der Waals surface area (Å²) in [5, 5.41) is 4.30. The topological polar surface area (TPSA) is 105 Å². The number of nitrogens with zero attached hydrogens (tertiary/aromatic N) is 4. The third kappa shape index (κ3) is 2.77. The summed E-state index contributed by atoms with van der Waals surface area (Å²) in [4.78, 5) is 11.2. The van der Waals surface area contributed by atoms with Gasteiger partial charge in [0.05, 0.1) is 17.9 Å². The van der Waals surface area contributed by atoms with Gasteiger partial charge in [-0.2, -0.15) is 9.29 Å². The van der Waals surface area contributed by atoms with E-state index in [2.05, 4.69) is 20.1 Å². The van der Waals surface area contributed by atoms with Gasteiger partial charge < -0.3 is 9.51 Å². The summed E-state index contributed by atoms with van der Waals surface area (Å²) < 4.78 is 33.1. The summed E-state index contributed by atoms with van der Waals surface area (Å²) in [7, 11) is -3.60. The monoisotopic (exact) mass is 399 g/mol. The van der Waals surface area contributed by atoms with Gasteiger partial charge in [0.25, 0.3) is 10.0 Å². The minimum Gasteiger partial charge on any atom is -0.339 e. The molecule has 1 saturated carbocycles. The Morgan fingerprint density at radius 3 is 2.93 bits per heavy atom. The van der Waals surface area contributed by atoms with E-state index >= 15 is 0 Å². The zero-order valence-electron chi connectivity index (χ0n) is 15.3. The predicted octanol–water partition coefficient (Wildman–Crippen LogP) is 2.13. The Bertz CT molecular complexity index is 1060. The molecule has 9 heteroatoms. The lowest BCUT2D eigenvalue weighted by Crippen LogP contribution is -2.35. The van der Waals surface area contributed by atoms with Crippen LogP contribution in [0.5, 0.6) is 0 Å². The first-order valence-corrected chi connectivity index (χ1v) is 10.9. The molecule has 0 bridgehead atoms. The van der Waals surface area contributed by atoms with Crippen LogP contribution in [0.3, 0.4) is 0 Å². The Balaban J connectivity index is 1.43. The normalized spacial score (nSPS) is 25.2. The van der Waals surface area contributed by atoms with Crippen molar-refractivity contribution >= 4 is 10.0 Å². The molecule has 0 radical (unpaired) electrons. The molecule has 1 aliphatic heterocycles. The van der Waals surface area contributed by atoms with E-state index in [0.29, 0.717) is 31.2 Å². The van der Waals surface area contributed by atoms with Crippen molar-refractivity contribution < 1.29 is 12.9 Å². The molecular formula is C19H21N5O3S. The van der Waals surface area contributed by atoms with E-state index in [9.17, 15) is 8.42 Å². The van der Waals surface area contributed by atoms with Gasteiger partial charge in [0.1, 0.15) is 0 Å². The second-order valence-electron chi connectivity index (χ2n) is 7.64. The number of benzene rings is 1. The molecule has 1 saturated heterocycles. The number of sulfonamides is 1. The Kier molecular flexibility index (Phi) is 4.09. The van der Waals surface area contributed by atoms with E-state index in [-0.39, 0.29) is 10.9 Å². The SMILES string of the molecule is O=S(=O)(c1cnc[nH]1)N1C[C@H]2CCC[C@@]2(c2nc(Cc3ccccc3)no2)C1. The van der Waals surface area contributed by atoms with Gasteiger partial charge in [-0.3, -0.25) is 0 Å². The van der Waals surface area contributed by atoms with Crippen LogP contribution in [0.4, 0.5) is 0 Å². The van der Waals surface area contributed by atoms with Gasteiger partial charge >= 0.3 is 0 Å². The highest BCUT2D eigenvalue weighted by Gasteiger charge is 2.56. The van der Waals surface area contributed by atoms with Gasteiger partial charge in [-0.25, -0.2) is 13.4 Å². The van der Waals surface area contributed by atoms with E-state index < -0.39 is 15.4 Å². The van der Waals surface area contributed by atoms with Crippen molar-refractivity contribution in [3.8, 4) is 0 Å². The van der Waals surface area contributed by atoms with Crippen LogP contribution in [0.2, 0.25) is 0 Å². The van der Waals surface area contributed by atoms with Crippen molar-refractivity contribution in [3.63, 3.8) is 0 Å². The first-order valence-electron chi connectivity index (χ1n) is 9.43. The number of hydrogen-bond donors (Lipinski definition) is 1. The number of H-pyrrole nitrogens is 1. The van der Waals surface area contributed by atoms with Crippen molar-refractivity contribution in [1.82, 2.24) is 24.4 Å². The van der Waals surface area contributed by atoms with Crippen LogP contribution in [-0.2, 0) is 21.9 Å². The average molecular weight is 399 g/mol. The smallest absolute Gasteiger partial charge is 0.260 e. The van der Waals surface area contributed by atoms with E-state index in [0.717, 1.165) is 24.8 Å². The Morgan fingerprint density at radius 2 is 2.14 bits per heavy atom. The number of imidazole rings is 1. The minimum absolute atomic E-state index is 0.123. The summed E-state index contributed by atoms with van der Waals surface area (Å²) in [6, 6.07) is 10.00. The molecule has 3 aromatic rings. The zero-order valence-corrected chi connectivity index (χ0v) is 16.1. The third-order valence-corrected chi connectivity index (χ3v) is 7.77. The van der Waals surface area contributed by atoms with E-state index in [1.807, 2.05) is 30.3 Å². The number of aromatic nitrogens is 4. The van der Waals surface area contributed by atoms with Gasteiger partial charge in [0.15, 0.2) is 10.9 Å². The largest absolute Gasteiger partial charge is 0.339 e. The third-order valence-electron chi connectivity index (χ3n) is 6.03.